The van der Waals surface area contributed by atoms with Gasteiger partial charge in [-0.05, 0) is 56.3 Å². The summed E-state index contributed by atoms with van der Waals surface area (Å²) in [6.45, 7) is 1.63. The third kappa shape index (κ3) is 12.2. The molecular formula is C36H49N9O7S2. The number of carbonyl (C=O) groups excluding carboxylic acids is 6. The highest BCUT2D eigenvalue weighted by atomic mass is 33.1. The van der Waals surface area contributed by atoms with Gasteiger partial charge in [0.1, 0.15) is 30.2 Å². The quantitative estimate of drug-likeness (QED) is 0.0707. The van der Waals surface area contributed by atoms with Gasteiger partial charge in [0.25, 0.3) is 0 Å². The maximum Gasteiger partial charge on any atom is 0.244 e. The maximum atomic E-state index is 14.1. The summed E-state index contributed by atoms with van der Waals surface area (Å²) in [7, 11) is 2.27. The predicted octanol–water partition coefficient (Wildman–Crippen LogP) is -0.905. The van der Waals surface area contributed by atoms with Crippen molar-refractivity contribution in [3.63, 3.8) is 0 Å². The molecule has 0 saturated carbocycles. The summed E-state index contributed by atoms with van der Waals surface area (Å²) < 4.78 is 0. The molecular weight excluding hydrogens is 735 g/mol. The summed E-state index contributed by atoms with van der Waals surface area (Å²) in [5.41, 5.74) is 19.7. The standard InChI is InChI=1S/C36H49N9O7S2/c1-20(46)30(31(39)47)45-36(52)29-19-54-53-18-28(43-32(48)24(38)15-21-9-3-2-4-10-21)35(51)42-27(16-22-17-40-25-12-6-5-11-23(22)25)34(50)41-26(33(49)44-29)13-7-8-14-37/h2-6,9-12,17,20,24,26-30,40,46H,7-8,13-16,18-19,37-38H2,1H3,(H2,39,47)(H,41,50)(H,42,51)(H,43,48)(H,44,49)(H,45,52)/t20-,24-,26+,27?,28?,29+,30+/m1/s1. The number of benzene rings is 2. The van der Waals surface area contributed by atoms with E-state index in [4.69, 9.17) is 17.2 Å². The number of carbonyl (C=O) groups is 6. The first-order chi connectivity index (χ1) is 25.9. The highest BCUT2D eigenvalue weighted by molar-refractivity contribution is 8.76. The minimum absolute atomic E-state index is 0.0106. The number of nitrogens with two attached hydrogens (primary N) is 3. The van der Waals surface area contributed by atoms with Crippen molar-refractivity contribution in [3.05, 3.63) is 71.9 Å². The molecule has 1 saturated heterocycles. The van der Waals surface area contributed by atoms with Crippen LogP contribution in [0.4, 0.5) is 0 Å². The van der Waals surface area contributed by atoms with Crippen molar-refractivity contribution in [1.82, 2.24) is 31.6 Å². The molecule has 0 radical (unpaired) electrons. The van der Waals surface area contributed by atoms with Crippen LogP contribution in [0.25, 0.3) is 10.9 Å². The van der Waals surface area contributed by atoms with Gasteiger partial charge in [-0.1, -0.05) is 70.1 Å². The average molecular weight is 784 g/mol. The molecule has 0 bridgehead atoms. The van der Waals surface area contributed by atoms with E-state index in [2.05, 4.69) is 31.6 Å². The van der Waals surface area contributed by atoms with Gasteiger partial charge in [-0.3, -0.25) is 28.8 Å². The number of hydrogen-bond donors (Lipinski definition) is 10. The largest absolute Gasteiger partial charge is 0.391 e. The Bertz CT molecular complexity index is 1760. The van der Waals surface area contributed by atoms with E-state index in [9.17, 15) is 33.9 Å². The number of aromatic amines is 1. The fourth-order valence-electron chi connectivity index (χ4n) is 5.83. The number of H-pyrrole nitrogens is 1. The van der Waals surface area contributed by atoms with Crippen molar-refractivity contribution in [2.45, 2.75) is 81.4 Å². The van der Waals surface area contributed by atoms with Crippen LogP contribution < -0.4 is 43.8 Å². The molecule has 2 heterocycles. The summed E-state index contributed by atoms with van der Waals surface area (Å²) in [6.07, 6.45) is 1.84. The normalized spacial score (nSPS) is 21.7. The minimum Gasteiger partial charge on any atom is -0.391 e. The zero-order chi connectivity index (χ0) is 39.2. The van der Waals surface area contributed by atoms with E-state index in [1.807, 2.05) is 54.6 Å². The summed E-state index contributed by atoms with van der Waals surface area (Å²) in [5.74, 6) is -4.42. The number of primary amides is 1. The first-order valence-electron chi connectivity index (χ1n) is 17.7. The third-order valence-corrected chi connectivity index (χ3v) is 11.3. The smallest absolute Gasteiger partial charge is 0.244 e. The van der Waals surface area contributed by atoms with E-state index < -0.39 is 77.8 Å². The van der Waals surface area contributed by atoms with Crippen molar-refractivity contribution >= 4 is 67.9 Å². The Hall–Kier alpha value is -4.62. The van der Waals surface area contributed by atoms with Crippen LogP contribution in [0.5, 0.6) is 0 Å². The van der Waals surface area contributed by atoms with Gasteiger partial charge in [-0.25, -0.2) is 0 Å². The van der Waals surface area contributed by atoms with E-state index in [1.54, 1.807) is 6.20 Å². The Morgan fingerprint density at radius 2 is 1.57 bits per heavy atom. The van der Waals surface area contributed by atoms with Crippen molar-refractivity contribution in [2.24, 2.45) is 17.2 Å². The first kappa shape index (κ1) is 42.1. The Kier molecular flexibility index (Phi) is 16.2. The number of unbranched alkanes of at least 4 members (excludes halogenated alkanes) is 1. The fraction of sp³-hybridized carbons (Fsp3) is 0.444. The lowest BCUT2D eigenvalue weighted by molar-refractivity contribution is -0.135. The summed E-state index contributed by atoms with van der Waals surface area (Å²) in [5, 5.41) is 24.3. The van der Waals surface area contributed by atoms with Gasteiger partial charge >= 0.3 is 0 Å². The molecule has 1 aliphatic heterocycles. The first-order valence-corrected chi connectivity index (χ1v) is 20.1. The van der Waals surface area contributed by atoms with Crippen LogP contribution in [-0.4, -0.2) is 106 Å². The maximum absolute atomic E-state index is 14.1. The molecule has 2 unspecified atom stereocenters. The van der Waals surface area contributed by atoms with E-state index in [1.165, 1.54) is 6.92 Å². The Balaban J connectivity index is 1.65. The second-order valence-electron chi connectivity index (χ2n) is 13.1. The molecule has 292 valence electrons. The molecule has 54 heavy (non-hydrogen) atoms. The van der Waals surface area contributed by atoms with Gasteiger partial charge in [0.05, 0.1) is 12.1 Å². The lowest BCUT2D eigenvalue weighted by atomic mass is 10.0. The molecule has 2 aromatic carbocycles. The van der Waals surface area contributed by atoms with Crippen LogP contribution in [0.1, 0.15) is 37.3 Å². The van der Waals surface area contributed by atoms with Crippen molar-refractivity contribution in [2.75, 3.05) is 18.1 Å². The summed E-state index contributed by atoms with van der Waals surface area (Å²) in [6, 6.07) is 9.47. The zero-order valence-corrected chi connectivity index (χ0v) is 31.6. The number of nitrogens with one attached hydrogen (secondary N) is 6. The molecule has 18 heteroatoms. The lowest BCUT2D eigenvalue weighted by Gasteiger charge is -2.28. The number of fused-ring (bicyclic) bond motifs is 1. The third-order valence-electron chi connectivity index (χ3n) is 8.85. The molecule has 16 nitrogen and oxygen atoms in total. The summed E-state index contributed by atoms with van der Waals surface area (Å²) >= 11 is 0. The van der Waals surface area contributed by atoms with Gasteiger partial charge in [0.2, 0.25) is 35.4 Å². The molecule has 1 fully saturated rings. The monoisotopic (exact) mass is 783 g/mol. The SMILES string of the molecule is C[C@@H](O)[C@H](NC(=O)[C@@H]1CSSCC(NC(=O)[C@H](N)Cc2ccccc2)C(=O)NC(Cc2c[nH]c3ccccc23)C(=O)N[C@@H](CCCCN)C(=O)N1)C(N)=O. The van der Waals surface area contributed by atoms with E-state index in [0.29, 0.717) is 19.4 Å². The molecule has 4 rings (SSSR count). The number of amides is 6. The highest BCUT2D eigenvalue weighted by Gasteiger charge is 2.34. The molecule has 6 amide bonds. The topological polar surface area (TPSA) is 277 Å². The number of aromatic nitrogens is 1. The minimum atomic E-state index is -1.44. The second kappa shape index (κ2) is 20.7. The van der Waals surface area contributed by atoms with Gasteiger partial charge < -0.3 is 53.9 Å². The molecule has 1 aliphatic rings. The van der Waals surface area contributed by atoms with Crippen molar-refractivity contribution in [3.8, 4) is 0 Å². The van der Waals surface area contributed by atoms with E-state index in [0.717, 1.165) is 43.6 Å². The van der Waals surface area contributed by atoms with Gasteiger partial charge in [0, 0.05) is 35.0 Å². The van der Waals surface area contributed by atoms with Crippen molar-refractivity contribution < 1.29 is 33.9 Å². The summed E-state index contributed by atoms with van der Waals surface area (Å²) in [4.78, 5) is 83.9. The lowest BCUT2D eigenvalue weighted by Crippen LogP contribution is -2.61. The Labute approximate surface area is 321 Å². The van der Waals surface area contributed by atoms with Gasteiger partial charge in [-0.15, -0.1) is 0 Å². The van der Waals surface area contributed by atoms with Crippen molar-refractivity contribution in [1.29, 1.82) is 0 Å². The van der Waals surface area contributed by atoms with Crippen LogP contribution in [0.3, 0.4) is 0 Å². The number of rotatable bonds is 14. The molecule has 7 atom stereocenters. The van der Waals surface area contributed by atoms with Gasteiger partial charge in [-0.2, -0.15) is 0 Å². The number of hydrogen-bond acceptors (Lipinski definition) is 11. The molecule has 3 aromatic rings. The van der Waals surface area contributed by atoms with Crippen LogP contribution in [0, 0.1) is 0 Å². The highest BCUT2D eigenvalue weighted by Crippen LogP contribution is 2.24. The Morgan fingerprint density at radius 3 is 2.28 bits per heavy atom. The second-order valence-corrected chi connectivity index (χ2v) is 15.6. The molecule has 13 N–H and O–H groups in total. The molecule has 1 aromatic heterocycles. The number of para-hydroxylation sites is 1. The fourth-order valence-corrected chi connectivity index (χ4v) is 8.16. The van der Waals surface area contributed by atoms with Gasteiger partial charge in [0.15, 0.2) is 0 Å². The number of aliphatic hydroxyl groups is 1. The predicted molar refractivity (Wildman–Crippen MR) is 208 cm³/mol. The Morgan fingerprint density at radius 1 is 0.907 bits per heavy atom. The molecule has 0 aliphatic carbocycles. The van der Waals surface area contributed by atoms with Crippen LogP contribution >= 0.6 is 21.6 Å². The van der Waals surface area contributed by atoms with Crippen LogP contribution in [0.2, 0.25) is 0 Å². The van der Waals surface area contributed by atoms with Crippen LogP contribution in [-0.2, 0) is 41.6 Å². The average Bonchev–Trinajstić information content (AvgIpc) is 3.55. The zero-order valence-electron chi connectivity index (χ0n) is 29.9. The number of aliphatic hydroxyl groups excluding tert-OH is 1. The van der Waals surface area contributed by atoms with E-state index >= 15 is 0 Å². The van der Waals surface area contributed by atoms with E-state index in [-0.39, 0.29) is 30.8 Å². The van der Waals surface area contributed by atoms with Crippen LogP contribution in [0.15, 0.2) is 60.8 Å². The molecule has 0 spiro atoms.